The Balaban J connectivity index is 1.27. The zero-order valence-corrected chi connectivity index (χ0v) is 21.0. The number of carbonyl (C=O) groups excluding carboxylic acids is 3. The molecule has 40 heavy (non-hydrogen) atoms. The first-order chi connectivity index (χ1) is 18.8. The van der Waals surface area contributed by atoms with Crippen LogP contribution in [0.2, 0.25) is 0 Å². The highest BCUT2D eigenvalue weighted by Gasteiger charge is 2.37. The predicted octanol–water partition coefficient (Wildman–Crippen LogP) is 5.87. The van der Waals surface area contributed by atoms with Crippen LogP contribution in [-0.2, 0) is 17.1 Å². The van der Waals surface area contributed by atoms with Crippen molar-refractivity contribution in [3.63, 3.8) is 0 Å². The number of carbonyl (C=O) groups is 3. The van der Waals surface area contributed by atoms with Crippen LogP contribution < -0.4 is 16.2 Å². The van der Waals surface area contributed by atoms with Gasteiger partial charge in [0.15, 0.2) is 0 Å². The smallest absolute Gasteiger partial charge is 0.352 e. The molecule has 12 heteroatoms. The second-order valence-corrected chi connectivity index (χ2v) is 9.69. The van der Waals surface area contributed by atoms with E-state index in [9.17, 15) is 40.7 Å². The number of fused-ring (bicyclic) bond motifs is 1. The van der Waals surface area contributed by atoms with Gasteiger partial charge in [-0.1, -0.05) is 36.4 Å². The van der Waals surface area contributed by atoms with Gasteiger partial charge in [-0.3, -0.25) is 25.2 Å². The van der Waals surface area contributed by atoms with E-state index in [0.717, 1.165) is 10.8 Å². The lowest BCUT2D eigenvalue weighted by Gasteiger charge is -2.28. The maximum Gasteiger partial charge on any atom is 0.416 e. The normalized spacial score (nSPS) is 17.8. The Labute approximate surface area is 225 Å². The standard InChI is InChI=1S/C28H25F6N3O3/c29-27(30,31)20-12-19(13-21(14-20)28(32,33)34)24(38)35-15-16-8-10-18(11-9-16)25(39)36-37-26(40)23-7-3-5-17-4-1-2-6-22(17)23/h1-7,12-14,16,18H,8-11,15H2,(H,35,38)(H,36,39)(H,37,40). The van der Waals surface area contributed by atoms with Crippen molar-refractivity contribution in [2.45, 2.75) is 38.0 Å². The van der Waals surface area contributed by atoms with Gasteiger partial charge in [0.25, 0.3) is 11.8 Å². The quantitative estimate of drug-likeness (QED) is 0.267. The third-order valence-electron chi connectivity index (χ3n) is 6.95. The lowest BCUT2D eigenvalue weighted by molar-refractivity contribution is -0.143. The average molecular weight is 566 g/mol. The van der Waals surface area contributed by atoms with Crippen molar-refractivity contribution in [2.75, 3.05) is 6.54 Å². The molecule has 1 fully saturated rings. The highest BCUT2D eigenvalue weighted by Crippen LogP contribution is 2.36. The van der Waals surface area contributed by atoms with Crippen molar-refractivity contribution in [3.8, 4) is 0 Å². The summed E-state index contributed by atoms with van der Waals surface area (Å²) in [6.45, 7) is 0.0303. The number of hydrogen-bond acceptors (Lipinski definition) is 3. The van der Waals surface area contributed by atoms with E-state index in [1.54, 1.807) is 24.3 Å². The van der Waals surface area contributed by atoms with Crippen molar-refractivity contribution >= 4 is 28.5 Å². The minimum atomic E-state index is -5.05. The lowest BCUT2D eigenvalue weighted by Crippen LogP contribution is -2.45. The van der Waals surface area contributed by atoms with Crippen molar-refractivity contribution in [3.05, 3.63) is 82.9 Å². The average Bonchev–Trinajstić information content (AvgIpc) is 2.93. The first kappa shape index (κ1) is 28.9. The molecule has 0 aromatic heterocycles. The Bertz CT molecular complexity index is 1370. The van der Waals surface area contributed by atoms with Gasteiger partial charge < -0.3 is 5.32 Å². The van der Waals surface area contributed by atoms with Gasteiger partial charge in [-0.05, 0) is 66.6 Å². The van der Waals surface area contributed by atoms with E-state index in [4.69, 9.17) is 0 Å². The van der Waals surface area contributed by atoms with Crippen LogP contribution in [0.5, 0.6) is 0 Å². The Kier molecular flexibility index (Phi) is 8.36. The molecule has 0 atom stereocenters. The molecule has 0 saturated heterocycles. The zero-order chi connectivity index (χ0) is 29.1. The number of amides is 3. The fourth-order valence-corrected chi connectivity index (χ4v) is 4.77. The van der Waals surface area contributed by atoms with E-state index in [0.29, 0.717) is 43.4 Å². The molecule has 1 saturated carbocycles. The molecule has 1 aliphatic carbocycles. The van der Waals surface area contributed by atoms with Gasteiger partial charge in [0.2, 0.25) is 5.91 Å². The second kappa shape index (κ2) is 11.6. The third kappa shape index (κ3) is 6.91. The van der Waals surface area contributed by atoms with Crippen LogP contribution in [0, 0.1) is 11.8 Å². The maximum absolute atomic E-state index is 13.1. The number of halogens is 6. The largest absolute Gasteiger partial charge is 0.416 e. The number of nitrogens with one attached hydrogen (secondary N) is 3. The minimum Gasteiger partial charge on any atom is -0.352 e. The lowest BCUT2D eigenvalue weighted by atomic mass is 9.81. The molecule has 0 aliphatic heterocycles. The molecule has 0 spiro atoms. The molecule has 3 N–H and O–H groups in total. The van der Waals surface area contributed by atoms with Crippen LogP contribution in [0.4, 0.5) is 26.3 Å². The molecule has 3 amide bonds. The van der Waals surface area contributed by atoms with Crippen molar-refractivity contribution in [2.24, 2.45) is 11.8 Å². The van der Waals surface area contributed by atoms with Crippen molar-refractivity contribution < 1.29 is 40.7 Å². The molecule has 4 rings (SSSR count). The van der Waals surface area contributed by atoms with E-state index in [-0.39, 0.29) is 24.4 Å². The Morgan fingerprint density at radius 1 is 0.725 bits per heavy atom. The molecule has 3 aromatic rings. The van der Waals surface area contributed by atoms with Gasteiger partial charge in [-0.25, -0.2) is 0 Å². The SMILES string of the molecule is O=C(NCC1CCC(C(=O)NNC(=O)c2cccc3ccccc23)CC1)c1cc(C(F)(F)F)cc(C(F)(F)F)c1. The summed E-state index contributed by atoms with van der Waals surface area (Å²) in [5.41, 5.74) is 1.42. The molecular weight excluding hydrogens is 540 g/mol. The van der Waals surface area contributed by atoms with Crippen LogP contribution in [0.1, 0.15) is 57.5 Å². The minimum absolute atomic E-state index is 0.0303. The van der Waals surface area contributed by atoms with Crippen LogP contribution in [0.25, 0.3) is 10.8 Å². The fraction of sp³-hybridized carbons (Fsp3) is 0.321. The summed E-state index contributed by atoms with van der Waals surface area (Å²) in [6, 6.07) is 13.3. The molecular formula is C28H25F6N3O3. The highest BCUT2D eigenvalue weighted by molar-refractivity contribution is 6.07. The van der Waals surface area contributed by atoms with Crippen LogP contribution in [0.15, 0.2) is 60.7 Å². The summed E-state index contributed by atoms with van der Waals surface area (Å²) in [5.74, 6) is -2.42. The van der Waals surface area contributed by atoms with E-state index in [1.807, 2.05) is 18.2 Å². The molecule has 3 aromatic carbocycles. The first-order valence-electron chi connectivity index (χ1n) is 12.5. The summed E-state index contributed by atoms with van der Waals surface area (Å²) >= 11 is 0. The molecule has 0 heterocycles. The number of benzene rings is 3. The van der Waals surface area contributed by atoms with E-state index in [1.165, 1.54) is 0 Å². The van der Waals surface area contributed by atoms with Crippen LogP contribution in [-0.4, -0.2) is 24.3 Å². The van der Waals surface area contributed by atoms with E-state index in [2.05, 4.69) is 16.2 Å². The van der Waals surface area contributed by atoms with Crippen molar-refractivity contribution in [1.82, 2.24) is 16.2 Å². The molecule has 6 nitrogen and oxygen atoms in total. The van der Waals surface area contributed by atoms with Gasteiger partial charge in [-0.15, -0.1) is 0 Å². The number of hydrazine groups is 1. The molecule has 0 radical (unpaired) electrons. The first-order valence-corrected chi connectivity index (χ1v) is 12.5. The number of alkyl halides is 6. The van der Waals surface area contributed by atoms with Gasteiger partial charge in [0, 0.05) is 23.6 Å². The summed E-state index contributed by atoms with van der Waals surface area (Å²) in [5, 5.41) is 4.02. The fourth-order valence-electron chi connectivity index (χ4n) is 4.77. The van der Waals surface area contributed by atoms with Gasteiger partial charge in [-0.2, -0.15) is 26.3 Å². The highest BCUT2D eigenvalue weighted by atomic mass is 19.4. The summed E-state index contributed by atoms with van der Waals surface area (Å²) in [6.07, 6.45) is -8.26. The summed E-state index contributed by atoms with van der Waals surface area (Å²) < 4.78 is 78.4. The van der Waals surface area contributed by atoms with Gasteiger partial charge in [0.1, 0.15) is 0 Å². The zero-order valence-electron chi connectivity index (χ0n) is 21.0. The van der Waals surface area contributed by atoms with Gasteiger partial charge >= 0.3 is 12.4 Å². The third-order valence-corrected chi connectivity index (χ3v) is 6.95. The monoisotopic (exact) mass is 565 g/mol. The molecule has 212 valence electrons. The van der Waals surface area contributed by atoms with E-state index >= 15 is 0 Å². The second-order valence-electron chi connectivity index (χ2n) is 9.69. The Morgan fingerprint density at radius 2 is 1.32 bits per heavy atom. The molecule has 0 unspecified atom stereocenters. The topological polar surface area (TPSA) is 87.3 Å². The van der Waals surface area contributed by atoms with Crippen LogP contribution in [0.3, 0.4) is 0 Å². The van der Waals surface area contributed by atoms with Crippen LogP contribution >= 0.6 is 0 Å². The Morgan fingerprint density at radius 3 is 1.95 bits per heavy atom. The number of rotatable bonds is 5. The molecule has 1 aliphatic rings. The van der Waals surface area contributed by atoms with E-state index < -0.39 is 46.8 Å². The predicted molar refractivity (Wildman–Crippen MR) is 134 cm³/mol. The van der Waals surface area contributed by atoms with Gasteiger partial charge in [0.05, 0.1) is 11.1 Å². The Hall–Kier alpha value is -4.09. The maximum atomic E-state index is 13.1. The molecule has 0 bridgehead atoms. The number of hydrogen-bond donors (Lipinski definition) is 3. The summed E-state index contributed by atoms with van der Waals surface area (Å²) in [4.78, 5) is 37.6. The summed E-state index contributed by atoms with van der Waals surface area (Å²) in [7, 11) is 0. The van der Waals surface area contributed by atoms with Crippen molar-refractivity contribution in [1.29, 1.82) is 0 Å².